The summed E-state index contributed by atoms with van der Waals surface area (Å²) < 4.78 is 50.9. The number of nitrogen functional groups attached to an aromatic ring is 1. The van der Waals surface area contributed by atoms with Gasteiger partial charge < -0.3 is 51.2 Å². The number of phosphoric acid groups is 2. The van der Waals surface area contributed by atoms with Gasteiger partial charge in [-0.1, -0.05) is 0 Å². The fourth-order valence-corrected chi connectivity index (χ4v) is 6.93. The second-order valence-electron chi connectivity index (χ2n) is 9.96. The lowest BCUT2D eigenvalue weighted by atomic mass is 10.1. The molecule has 5 heterocycles. The Morgan fingerprint density at radius 3 is 2.30 bits per heavy atom. The first kappa shape index (κ1) is 32.7. The molecular formula is C21H30N7O14P2+. The lowest BCUT2D eigenvalue weighted by Crippen LogP contribution is -3.13. The maximum atomic E-state index is 12.4. The van der Waals surface area contributed by atoms with Gasteiger partial charge in [0.25, 0.3) is 5.91 Å². The van der Waals surface area contributed by atoms with Crippen LogP contribution in [0.4, 0.5) is 5.82 Å². The number of fused-ring (bicyclic) bond motifs is 1. The van der Waals surface area contributed by atoms with E-state index >= 15 is 0 Å². The number of anilines is 1. The second kappa shape index (κ2) is 12.6. The third kappa shape index (κ3) is 6.76. The lowest BCUT2D eigenvalue weighted by Gasteiger charge is -2.25. The van der Waals surface area contributed by atoms with E-state index in [1.165, 1.54) is 23.2 Å². The molecule has 0 bridgehead atoms. The van der Waals surface area contributed by atoms with Crippen LogP contribution >= 0.6 is 15.6 Å². The Bertz CT molecular complexity index is 1560. The van der Waals surface area contributed by atoms with Crippen molar-refractivity contribution in [2.75, 3.05) is 25.5 Å². The molecule has 0 spiro atoms. The Labute approximate surface area is 247 Å². The van der Waals surface area contributed by atoms with E-state index in [-0.39, 0.29) is 29.1 Å². The molecule has 23 heteroatoms. The number of hydrogen-bond donors (Lipinski definition) is 9. The van der Waals surface area contributed by atoms with Crippen LogP contribution in [0.3, 0.4) is 0 Å². The van der Waals surface area contributed by atoms with Crippen molar-refractivity contribution in [3.63, 3.8) is 0 Å². The van der Waals surface area contributed by atoms with Crippen molar-refractivity contribution in [1.29, 1.82) is 0 Å². The highest BCUT2D eigenvalue weighted by molar-refractivity contribution is 7.61. The predicted molar refractivity (Wildman–Crippen MR) is 141 cm³/mol. The van der Waals surface area contributed by atoms with Crippen LogP contribution in [0.5, 0.6) is 0 Å². The summed E-state index contributed by atoms with van der Waals surface area (Å²) in [6.45, 7) is -1.51. The standard InChI is InChI=1S/C21H29N7O14P2/c22-17-12-19(25-7-24-17)28(8-26-12)21-16(32)14(30)11(41-21)6-39-44(36,37)42-43(34,35)38-5-10-13(29)15(31)20(40-10)27-3-1-2-9(4-27)18(23)33/h1-2,4,7-8,10-11,13-16,20-21,29-32H,3,5-6H2,(H2,23,33)(H,34,35)(H,36,37)(H2,22,24,25)/p+1. The number of imidazole rings is 1. The number of phosphoric ester groups is 2. The summed E-state index contributed by atoms with van der Waals surface area (Å²) in [5, 5.41) is 41.7. The summed E-state index contributed by atoms with van der Waals surface area (Å²) >= 11 is 0. The minimum Gasteiger partial charge on any atom is -0.387 e. The van der Waals surface area contributed by atoms with Crippen molar-refractivity contribution in [2.24, 2.45) is 5.73 Å². The van der Waals surface area contributed by atoms with Gasteiger partial charge in [0.05, 0.1) is 25.1 Å². The average molecular weight is 666 g/mol. The molecule has 3 aliphatic rings. The highest BCUT2D eigenvalue weighted by atomic mass is 31.3. The molecular weight excluding hydrogens is 636 g/mol. The molecule has 11 N–H and O–H groups in total. The number of amides is 1. The normalized spacial score (nSPS) is 35.0. The average Bonchev–Trinajstić information content (AvgIpc) is 3.61. The minimum atomic E-state index is -5.36. The molecule has 2 aromatic heterocycles. The zero-order chi connectivity index (χ0) is 32.0. The van der Waals surface area contributed by atoms with Crippen LogP contribution in [0.25, 0.3) is 11.2 Å². The number of carbonyl (C=O) groups excluding carboxylic acids is 1. The molecule has 2 aromatic rings. The van der Waals surface area contributed by atoms with Crippen molar-refractivity contribution in [3.05, 3.63) is 36.6 Å². The van der Waals surface area contributed by atoms with Gasteiger partial charge in [-0.2, -0.15) is 4.31 Å². The maximum Gasteiger partial charge on any atom is 0.481 e. The number of ether oxygens (including phenoxy) is 2. The Hall–Kier alpha value is -2.72. The highest BCUT2D eigenvalue weighted by Gasteiger charge is 2.50. The van der Waals surface area contributed by atoms with E-state index in [0.717, 1.165) is 6.33 Å². The van der Waals surface area contributed by atoms with E-state index in [1.807, 2.05) is 0 Å². The van der Waals surface area contributed by atoms with Crippen molar-refractivity contribution >= 4 is 38.5 Å². The number of aliphatic hydroxyl groups excluding tert-OH is 4. The highest BCUT2D eigenvalue weighted by Crippen LogP contribution is 2.60. The van der Waals surface area contributed by atoms with Crippen LogP contribution in [0.15, 0.2) is 36.6 Å². The number of carbonyl (C=O) groups is 1. The summed E-state index contributed by atoms with van der Waals surface area (Å²) in [6.07, 6.45) is -4.73. The molecule has 44 heavy (non-hydrogen) atoms. The molecule has 1 amide bonds. The number of primary amides is 1. The van der Waals surface area contributed by atoms with E-state index in [4.69, 9.17) is 30.0 Å². The second-order valence-corrected chi connectivity index (χ2v) is 13.0. The fraction of sp³-hybridized carbons (Fsp3) is 0.524. The number of aromatic nitrogens is 4. The quantitative estimate of drug-likeness (QED) is 0.102. The molecule has 5 rings (SSSR count). The van der Waals surface area contributed by atoms with Crippen LogP contribution < -0.4 is 16.4 Å². The number of rotatable bonds is 11. The van der Waals surface area contributed by atoms with Crippen LogP contribution in [0, 0.1) is 0 Å². The smallest absolute Gasteiger partial charge is 0.387 e. The molecule has 0 aromatic carbocycles. The van der Waals surface area contributed by atoms with Gasteiger partial charge in [-0.15, -0.1) is 0 Å². The van der Waals surface area contributed by atoms with Gasteiger partial charge in [-0.25, -0.2) is 24.1 Å². The zero-order valence-corrected chi connectivity index (χ0v) is 24.2. The van der Waals surface area contributed by atoms with Crippen LogP contribution in [0.1, 0.15) is 6.23 Å². The molecule has 0 aliphatic carbocycles. The number of hydrogen-bond acceptors (Lipinski definition) is 16. The molecule has 0 radical (unpaired) electrons. The molecule has 2 saturated heterocycles. The van der Waals surface area contributed by atoms with Gasteiger partial charge >= 0.3 is 15.6 Å². The first-order chi connectivity index (χ1) is 20.7. The van der Waals surface area contributed by atoms with E-state index in [9.17, 15) is 44.1 Å². The van der Waals surface area contributed by atoms with Crippen LogP contribution in [-0.4, -0.2) is 118 Å². The predicted octanol–water partition coefficient (Wildman–Crippen LogP) is -4.45. The van der Waals surface area contributed by atoms with E-state index < -0.39 is 83.8 Å². The van der Waals surface area contributed by atoms with Gasteiger partial charge in [-0.05, 0) is 12.2 Å². The molecule has 3 aliphatic heterocycles. The molecule has 11 unspecified atom stereocenters. The van der Waals surface area contributed by atoms with Crippen molar-refractivity contribution in [2.45, 2.75) is 49.1 Å². The van der Waals surface area contributed by atoms with E-state index in [2.05, 4.69) is 19.3 Å². The van der Waals surface area contributed by atoms with E-state index in [1.54, 1.807) is 6.08 Å². The SMILES string of the molecule is NC(=O)C1=C[NH+](C2OC(COP(=O)(O)OP(=O)(O)OCC3OC(n4cnc5c(N)ncnc54)C(O)C3O)C(O)C2O)CC=C1. The van der Waals surface area contributed by atoms with Gasteiger partial charge in [0, 0.05) is 0 Å². The Morgan fingerprint density at radius 1 is 1.00 bits per heavy atom. The topological polar surface area (TPSA) is 319 Å². The van der Waals surface area contributed by atoms with Gasteiger partial charge in [0.2, 0.25) is 6.23 Å². The maximum absolute atomic E-state index is 12.4. The van der Waals surface area contributed by atoms with E-state index in [0.29, 0.717) is 4.90 Å². The lowest BCUT2D eigenvalue weighted by molar-refractivity contribution is -0.897. The fourth-order valence-electron chi connectivity index (χ4n) is 4.84. The van der Waals surface area contributed by atoms with Crippen molar-refractivity contribution in [3.8, 4) is 0 Å². The molecule has 21 nitrogen and oxygen atoms in total. The van der Waals surface area contributed by atoms with Gasteiger partial charge in [-0.3, -0.25) is 23.3 Å². The third-order valence-electron chi connectivity index (χ3n) is 7.01. The van der Waals surface area contributed by atoms with Gasteiger partial charge in [0.1, 0.15) is 55.1 Å². The molecule has 0 saturated carbocycles. The molecule has 2 fully saturated rings. The molecule has 11 atom stereocenters. The van der Waals surface area contributed by atoms with Gasteiger partial charge in [0.15, 0.2) is 23.8 Å². The Morgan fingerprint density at radius 2 is 1.64 bits per heavy atom. The third-order valence-corrected chi connectivity index (χ3v) is 9.61. The van der Waals surface area contributed by atoms with Crippen LogP contribution in [0.2, 0.25) is 0 Å². The number of nitrogens with two attached hydrogens (primary N) is 2. The minimum absolute atomic E-state index is 0.0529. The largest absolute Gasteiger partial charge is 0.481 e. The number of nitrogens with zero attached hydrogens (tertiary/aromatic N) is 4. The summed E-state index contributed by atoms with van der Waals surface area (Å²) in [5.41, 5.74) is 11.5. The monoisotopic (exact) mass is 666 g/mol. The summed E-state index contributed by atoms with van der Waals surface area (Å²) in [7, 11) is -10.7. The van der Waals surface area contributed by atoms with Crippen molar-refractivity contribution in [1.82, 2.24) is 19.5 Å². The summed E-state index contributed by atoms with van der Waals surface area (Å²) in [6, 6.07) is 0. The summed E-state index contributed by atoms with van der Waals surface area (Å²) in [4.78, 5) is 43.8. The number of quaternary nitrogens is 1. The number of nitrogens with one attached hydrogen (secondary N) is 1. The number of aliphatic hydroxyl groups is 4. The first-order valence-electron chi connectivity index (χ1n) is 12.8. The molecule has 242 valence electrons. The Kier molecular flexibility index (Phi) is 9.34. The first-order valence-corrected chi connectivity index (χ1v) is 15.8. The Balaban J connectivity index is 1.15. The zero-order valence-electron chi connectivity index (χ0n) is 22.4. The van der Waals surface area contributed by atoms with Crippen molar-refractivity contribution < 1.29 is 71.9 Å². The summed E-state index contributed by atoms with van der Waals surface area (Å²) in [5.74, 6) is -0.671. The van der Waals surface area contributed by atoms with Crippen LogP contribution in [-0.2, 0) is 36.8 Å².